The molecule has 1 aromatic rings. The van der Waals surface area contributed by atoms with Crippen molar-refractivity contribution in [3.05, 3.63) is 33.8 Å². The van der Waals surface area contributed by atoms with E-state index in [1.807, 2.05) is 17.0 Å². The molecule has 0 spiro atoms. The van der Waals surface area contributed by atoms with Crippen LogP contribution in [0.1, 0.15) is 50.5 Å². The number of halogens is 2. The van der Waals surface area contributed by atoms with Crippen molar-refractivity contribution in [2.45, 2.75) is 57.4 Å². The van der Waals surface area contributed by atoms with Gasteiger partial charge in [-0.1, -0.05) is 42.5 Å². The van der Waals surface area contributed by atoms with Crippen LogP contribution in [-0.4, -0.2) is 35.8 Å². The molecule has 1 heterocycles. The third-order valence-electron chi connectivity index (χ3n) is 5.43. The molecule has 1 aliphatic heterocycles. The summed E-state index contributed by atoms with van der Waals surface area (Å²) in [6.45, 7) is 1.22. The van der Waals surface area contributed by atoms with Crippen LogP contribution in [0.2, 0.25) is 10.0 Å². The average molecular weight is 397 g/mol. The Kier molecular flexibility index (Phi) is 6.82. The second-order valence-corrected chi connectivity index (χ2v) is 8.22. The van der Waals surface area contributed by atoms with Gasteiger partial charge >= 0.3 is 0 Å². The molecule has 2 amide bonds. The molecule has 1 aromatic carbocycles. The van der Waals surface area contributed by atoms with Gasteiger partial charge in [0.15, 0.2) is 0 Å². The molecule has 1 aliphatic carbocycles. The lowest BCUT2D eigenvalue weighted by Gasteiger charge is -2.30. The minimum Gasteiger partial charge on any atom is -0.354 e. The normalized spacial score (nSPS) is 21.0. The van der Waals surface area contributed by atoms with Gasteiger partial charge in [-0.15, -0.1) is 0 Å². The smallest absolute Gasteiger partial charge is 0.242 e. The van der Waals surface area contributed by atoms with E-state index >= 15 is 0 Å². The fourth-order valence-corrected chi connectivity index (χ4v) is 4.66. The molecule has 4 nitrogen and oxygen atoms in total. The first-order valence-corrected chi connectivity index (χ1v) is 10.3. The summed E-state index contributed by atoms with van der Waals surface area (Å²) in [6.07, 6.45) is 7.75. The number of likely N-dealkylation sites (tertiary alicyclic amines) is 1. The van der Waals surface area contributed by atoms with Crippen LogP contribution in [0.5, 0.6) is 0 Å². The van der Waals surface area contributed by atoms with Gasteiger partial charge in [0.1, 0.15) is 6.04 Å². The number of benzene rings is 1. The van der Waals surface area contributed by atoms with Crippen molar-refractivity contribution in [3.8, 4) is 0 Å². The monoisotopic (exact) mass is 396 g/mol. The van der Waals surface area contributed by atoms with Crippen LogP contribution in [0.3, 0.4) is 0 Å². The highest BCUT2D eigenvalue weighted by Crippen LogP contribution is 2.28. The van der Waals surface area contributed by atoms with E-state index in [0.29, 0.717) is 29.6 Å². The molecule has 2 aliphatic rings. The topological polar surface area (TPSA) is 49.4 Å². The zero-order valence-electron chi connectivity index (χ0n) is 15.0. The molecule has 1 unspecified atom stereocenters. The van der Waals surface area contributed by atoms with Crippen molar-refractivity contribution in [1.82, 2.24) is 10.2 Å². The van der Waals surface area contributed by atoms with E-state index in [1.54, 1.807) is 6.07 Å². The van der Waals surface area contributed by atoms with Gasteiger partial charge < -0.3 is 10.2 Å². The van der Waals surface area contributed by atoms with E-state index in [1.165, 1.54) is 6.42 Å². The average Bonchev–Trinajstić information content (AvgIpc) is 3.11. The third-order valence-corrected chi connectivity index (χ3v) is 5.86. The van der Waals surface area contributed by atoms with Crippen LogP contribution < -0.4 is 5.32 Å². The van der Waals surface area contributed by atoms with Gasteiger partial charge in [0.25, 0.3) is 0 Å². The summed E-state index contributed by atoms with van der Waals surface area (Å²) >= 11 is 12.0. The number of nitrogens with one attached hydrogen (secondary N) is 1. The van der Waals surface area contributed by atoms with Crippen LogP contribution in [0.25, 0.3) is 0 Å². The number of amides is 2. The van der Waals surface area contributed by atoms with E-state index in [-0.39, 0.29) is 23.8 Å². The van der Waals surface area contributed by atoms with Crippen molar-refractivity contribution in [2.75, 3.05) is 13.1 Å². The van der Waals surface area contributed by atoms with Crippen molar-refractivity contribution in [1.29, 1.82) is 0 Å². The van der Waals surface area contributed by atoms with Crippen LogP contribution in [0, 0.1) is 5.92 Å². The van der Waals surface area contributed by atoms with Gasteiger partial charge in [-0.25, -0.2) is 0 Å². The Morgan fingerprint density at radius 1 is 1.00 bits per heavy atom. The Morgan fingerprint density at radius 2 is 1.69 bits per heavy atom. The first-order valence-electron chi connectivity index (χ1n) is 9.58. The fourth-order valence-electron chi connectivity index (χ4n) is 4.09. The first kappa shape index (κ1) is 19.5. The van der Waals surface area contributed by atoms with Crippen molar-refractivity contribution in [2.24, 2.45) is 5.92 Å². The van der Waals surface area contributed by atoms with Gasteiger partial charge in [0, 0.05) is 29.1 Å². The largest absolute Gasteiger partial charge is 0.354 e. The van der Waals surface area contributed by atoms with Crippen LogP contribution in [-0.2, 0) is 16.0 Å². The summed E-state index contributed by atoms with van der Waals surface area (Å²) in [5, 5.41) is 4.17. The standard InChI is InChI=1S/C20H26Cl2N2O2/c21-16-11-14(12-17(22)13-16)8-9-23-19(25)18-7-4-10-24(18)20(26)15-5-2-1-3-6-15/h11-13,15,18H,1-10H2,(H,23,25). The molecule has 2 fully saturated rings. The predicted octanol–water partition coefficient (Wildman–Crippen LogP) is 4.22. The van der Waals surface area contributed by atoms with E-state index in [4.69, 9.17) is 23.2 Å². The maximum atomic E-state index is 12.8. The van der Waals surface area contributed by atoms with E-state index in [2.05, 4.69) is 5.32 Å². The Balaban J connectivity index is 1.52. The lowest BCUT2D eigenvalue weighted by atomic mass is 9.88. The predicted molar refractivity (Wildman–Crippen MR) is 104 cm³/mol. The molecule has 142 valence electrons. The number of carbonyl (C=O) groups is 2. The number of hydrogen-bond acceptors (Lipinski definition) is 2. The molecule has 3 rings (SSSR count). The first-order chi connectivity index (χ1) is 12.5. The van der Waals surface area contributed by atoms with E-state index < -0.39 is 0 Å². The zero-order valence-corrected chi connectivity index (χ0v) is 16.5. The third kappa shape index (κ3) is 4.92. The van der Waals surface area contributed by atoms with Crippen molar-refractivity contribution in [3.63, 3.8) is 0 Å². The van der Waals surface area contributed by atoms with E-state index in [9.17, 15) is 9.59 Å². The minimum atomic E-state index is -0.313. The summed E-state index contributed by atoms with van der Waals surface area (Å²) in [5.41, 5.74) is 0.990. The molecular weight excluding hydrogens is 371 g/mol. The molecule has 26 heavy (non-hydrogen) atoms. The maximum Gasteiger partial charge on any atom is 0.242 e. The molecule has 0 bridgehead atoms. The van der Waals surface area contributed by atoms with Gasteiger partial charge in [-0.3, -0.25) is 9.59 Å². The summed E-state index contributed by atoms with van der Waals surface area (Å²) in [4.78, 5) is 27.2. The number of nitrogens with zero attached hydrogens (tertiary/aromatic N) is 1. The molecule has 1 N–H and O–H groups in total. The maximum absolute atomic E-state index is 12.8. The van der Waals surface area contributed by atoms with Gasteiger partial charge in [-0.2, -0.15) is 0 Å². The molecular formula is C20H26Cl2N2O2. The van der Waals surface area contributed by atoms with Gasteiger partial charge in [0.2, 0.25) is 11.8 Å². The quantitative estimate of drug-likeness (QED) is 0.809. The summed E-state index contributed by atoms with van der Waals surface area (Å²) in [7, 11) is 0. The lowest BCUT2D eigenvalue weighted by Crippen LogP contribution is -2.48. The molecule has 1 saturated carbocycles. The van der Waals surface area contributed by atoms with Crippen LogP contribution in [0.4, 0.5) is 0 Å². The number of rotatable bonds is 5. The van der Waals surface area contributed by atoms with Crippen LogP contribution >= 0.6 is 23.2 Å². The van der Waals surface area contributed by atoms with E-state index in [0.717, 1.165) is 44.1 Å². The zero-order chi connectivity index (χ0) is 18.5. The van der Waals surface area contributed by atoms with Crippen LogP contribution in [0.15, 0.2) is 18.2 Å². The SMILES string of the molecule is O=C(NCCc1cc(Cl)cc(Cl)c1)C1CCCN1C(=O)C1CCCCC1. The number of hydrogen-bond donors (Lipinski definition) is 1. The highest BCUT2D eigenvalue weighted by atomic mass is 35.5. The number of carbonyl (C=O) groups excluding carboxylic acids is 2. The molecule has 1 atom stereocenters. The van der Waals surface area contributed by atoms with Crippen molar-refractivity contribution >= 4 is 35.0 Å². The Hall–Kier alpha value is -1.26. The van der Waals surface area contributed by atoms with Crippen molar-refractivity contribution < 1.29 is 9.59 Å². The highest BCUT2D eigenvalue weighted by molar-refractivity contribution is 6.34. The second kappa shape index (κ2) is 9.09. The Labute approximate surface area is 165 Å². The Morgan fingerprint density at radius 3 is 2.38 bits per heavy atom. The molecule has 0 radical (unpaired) electrons. The summed E-state index contributed by atoms with van der Waals surface area (Å²) in [5.74, 6) is 0.259. The fraction of sp³-hybridized carbons (Fsp3) is 0.600. The summed E-state index contributed by atoms with van der Waals surface area (Å²) in [6, 6.07) is 5.09. The van der Waals surface area contributed by atoms with Gasteiger partial charge in [-0.05, 0) is 55.9 Å². The lowest BCUT2D eigenvalue weighted by molar-refractivity contribution is -0.142. The van der Waals surface area contributed by atoms with Gasteiger partial charge in [0.05, 0.1) is 0 Å². The minimum absolute atomic E-state index is 0.0419. The second-order valence-electron chi connectivity index (χ2n) is 7.34. The molecule has 6 heteroatoms. The Bertz CT molecular complexity index is 639. The summed E-state index contributed by atoms with van der Waals surface area (Å²) < 4.78 is 0. The molecule has 0 aromatic heterocycles. The molecule has 1 saturated heterocycles. The highest BCUT2D eigenvalue weighted by Gasteiger charge is 2.37.